The van der Waals surface area contributed by atoms with E-state index in [-0.39, 0.29) is 11.3 Å². The summed E-state index contributed by atoms with van der Waals surface area (Å²) >= 11 is 0. The second kappa shape index (κ2) is 6.37. The van der Waals surface area contributed by atoms with E-state index in [2.05, 4.69) is 13.8 Å². The lowest BCUT2D eigenvalue weighted by molar-refractivity contribution is -0.153. The van der Waals surface area contributed by atoms with Gasteiger partial charge in [0.15, 0.2) is 0 Å². The fourth-order valence-electron chi connectivity index (χ4n) is 8.35. The molecule has 156 valence electrons. The fraction of sp³-hybridized carbons (Fsp3) is 1.00. The maximum Gasteiger partial charge on any atom is 0.389 e. The van der Waals surface area contributed by atoms with Crippen LogP contribution in [-0.4, -0.2) is 16.9 Å². The molecule has 8 atom stereocenters. The molecule has 0 aromatic carbocycles. The lowest BCUT2D eigenvalue weighted by atomic mass is 9.44. The van der Waals surface area contributed by atoms with Crippen LogP contribution in [0.1, 0.15) is 91.4 Å². The maximum atomic E-state index is 12.8. The van der Waals surface area contributed by atoms with Gasteiger partial charge in [-0.2, -0.15) is 13.2 Å². The van der Waals surface area contributed by atoms with Gasteiger partial charge in [-0.1, -0.05) is 13.8 Å². The fourth-order valence-corrected chi connectivity index (χ4v) is 8.35. The van der Waals surface area contributed by atoms with E-state index in [1.54, 1.807) is 0 Å². The van der Waals surface area contributed by atoms with Gasteiger partial charge in [-0.05, 0) is 112 Å². The Kier molecular flexibility index (Phi) is 4.73. The zero-order valence-corrected chi connectivity index (χ0v) is 17.2. The second-order valence-corrected chi connectivity index (χ2v) is 11.3. The SMILES string of the molecule is CC12CCC3C(CCC4C[C@@](C)(O)CCC43C)C1CCC2CCC(F)(F)F. The predicted octanol–water partition coefficient (Wildman–Crippen LogP) is 6.74. The van der Waals surface area contributed by atoms with Gasteiger partial charge in [0.05, 0.1) is 5.60 Å². The number of aliphatic hydroxyl groups is 1. The Bertz CT molecular complexity index is 570. The van der Waals surface area contributed by atoms with Crippen LogP contribution < -0.4 is 0 Å². The third-order valence-corrected chi connectivity index (χ3v) is 9.93. The highest BCUT2D eigenvalue weighted by molar-refractivity contribution is 5.10. The van der Waals surface area contributed by atoms with Crippen molar-refractivity contribution >= 4 is 0 Å². The normalized spacial score (nSPS) is 52.8. The summed E-state index contributed by atoms with van der Waals surface area (Å²) in [4.78, 5) is 0. The minimum absolute atomic E-state index is 0.121. The summed E-state index contributed by atoms with van der Waals surface area (Å²) in [5, 5.41) is 10.6. The van der Waals surface area contributed by atoms with E-state index in [4.69, 9.17) is 0 Å². The Labute approximate surface area is 162 Å². The van der Waals surface area contributed by atoms with Crippen LogP contribution in [0.2, 0.25) is 0 Å². The van der Waals surface area contributed by atoms with Gasteiger partial charge in [0, 0.05) is 6.42 Å². The Morgan fingerprint density at radius 3 is 2.26 bits per heavy atom. The first kappa shape index (κ1) is 20.0. The topological polar surface area (TPSA) is 20.2 Å². The molecule has 1 N–H and O–H groups in total. The number of hydrogen-bond acceptors (Lipinski definition) is 1. The van der Waals surface area contributed by atoms with Crippen LogP contribution in [0, 0.1) is 40.4 Å². The van der Waals surface area contributed by atoms with Crippen LogP contribution >= 0.6 is 0 Å². The van der Waals surface area contributed by atoms with Crippen molar-refractivity contribution in [3.8, 4) is 0 Å². The highest BCUT2D eigenvalue weighted by atomic mass is 19.4. The van der Waals surface area contributed by atoms with Crippen molar-refractivity contribution in [1.82, 2.24) is 0 Å². The van der Waals surface area contributed by atoms with Crippen molar-refractivity contribution in [2.75, 3.05) is 0 Å². The quantitative estimate of drug-likeness (QED) is 0.557. The first-order valence-electron chi connectivity index (χ1n) is 11.2. The highest BCUT2D eigenvalue weighted by Gasteiger charge is 2.60. The lowest BCUT2D eigenvalue weighted by Gasteiger charge is -2.62. The Morgan fingerprint density at radius 1 is 0.852 bits per heavy atom. The van der Waals surface area contributed by atoms with E-state index in [0.717, 1.165) is 38.5 Å². The largest absolute Gasteiger partial charge is 0.390 e. The molecule has 0 aromatic heterocycles. The van der Waals surface area contributed by atoms with Crippen LogP contribution in [0.5, 0.6) is 0 Å². The summed E-state index contributed by atoms with van der Waals surface area (Å²) in [6.45, 7) is 6.79. The molecule has 0 spiro atoms. The Hall–Kier alpha value is -0.250. The van der Waals surface area contributed by atoms with E-state index in [0.29, 0.717) is 35.5 Å². The smallest absolute Gasteiger partial charge is 0.389 e. The molecule has 0 bridgehead atoms. The van der Waals surface area contributed by atoms with Crippen molar-refractivity contribution in [2.45, 2.75) is 103 Å². The van der Waals surface area contributed by atoms with E-state index in [1.807, 2.05) is 6.92 Å². The number of fused-ring (bicyclic) bond motifs is 5. The molecule has 27 heavy (non-hydrogen) atoms. The molecular weight excluding hydrogens is 349 g/mol. The molecule has 1 nitrogen and oxygen atoms in total. The van der Waals surface area contributed by atoms with Crippen LogP contribution in [0.4, 0.5) is 13.2 Å². The number of alkyl halides is 3. The van der Waals surface area contributed by atoms with Crippen molar-refractivity contribution in [1.29, 1.82) is 0 Å². The summed E-state index contributed by atoms with van der Waals surface area (Å²) in [6, 6.07) is 0. The summed E-state index contributed by atoms with van der Waals surface area (Å²) in [5.74, 6) is 2.91. The van der Waals surface area contributed by atoms with Gasteiger partial charge >= 0.3 is 6.18 Å². The highest BCUT2D eigenvalue weighted by Crippen LogP contribution is 2.68. The third kappa shape index (κ3) is 3.36. The second-order valence-electron chi connectivity index (χ2n) is 11.3. The molecule has 0 aliphatic heterocycles. The first-order valence-corrected chi connectivity index (χ1v) is 11.2. The molecule has 0 amide bonds. The van der Waals surface area contributed by atoms with Gasteiger partial charge in [0.2, 0.25) is 0 Å². The number of hydrogen-bond donors (Lipinski definition) is 1. The third-order valence-electron chi connectivity index (χ3n) is 9.93. The summed E-state index contributed by atoms with van der Waals surface area (Å²) in [7, 11) is 0. The van der Waals surface area contributed by atoms with Crippen LogP contribution in [0.15, 0.2) is 0 Å². The molecule has 0 heterocycles. The zero-order chi connectivity index (χ0) is 19.7. The Morgan fingerprint density at radius 2 is 1.56 bits per heavy atom. The molecule has 0 saturated heterocycles. The van der Waals surface area contributed by atoms with Gasteiger partial charge in [0.25, 0.3) is 0 Å². The molecule has 0 aromatic rings. The van der Waals surface area contributed by atoms with Crippen molar-refractivity contribution in [3.63, 3.8) is 0 Å². The maximum absolute atomic E-state index is 12.8. The summed E-state index contributed by atoms with van der Waals surface area (Å²) < 4.78 is 38.4. The molecule has 4 heteroatoms. The molecule has 7 unspecified atom stereocenters. The van der Waals surface area contributed by atoms with E-state index < -0.39 is 18.2 Å². The first-order chi connectivity index (χ1) is 12.4. The minimum Gasteiger partial charge on any atom is -0.390 e. The molecule has 4 rings (SSSR count). The van der Waals surface area contributed by atoms with Crippen LogP contribution in [-0.2, 0) is 0 Å². The van der Waals surface area contributed by atoms with Gasteiger partial charge < -0.3 is 5.11 Å². The monoisotopic (exact) mass is 386 g/mol. The molecule has 4 aliphatic carbocycles. The van der Waals surface area contributed by atoms with E-state index in [9.17, 15) is 18.3 Å². The van der Waals surface area contributed by atoms with Crippen molar-refractivity contribution in [2.24, 2.45) is 40.4 Å². The molecular formula is C23H37F3O. The van der Waals surface area contributed by atoms with E-state index >= 15 is 0 Å². The lowest BCUT2D eigenvalue weighted by Crippen LogP contribution is -2.55. The standard InChI is InChI=1S/C23H37F3O/c1-20(27)12-13-22(3)16(14-20)4-6-17-18-7-5-15(8-11-23(24,25)26)21(18,2)10-9-19(17)22/h15-19,27H,4-14H2,1-3H3/t15?,16?,17?,18?,19?,20-,21?,22?/m0/s1. The summed E-state index contributed by atoms with van der Waals surface area (Å²) in [5.41, 5.74) is -0.0530. The summed E-state index contributed by atoms with van der Waals surface area (Å²) in [6.07, 6.45) is 5.52. The average Bonchev–Trinajstić information content (AvgIpc) is 2.89. The number of halogens is 3. The van der Waals surface area contributed by atoms with Gasteiger partial charge in [-0.25, -0.2) is 0 Å². The van der Waals surface area contributed by atoms with Gasteiger partial charge in [-0.15, -0.1) is 0 Å². The number of rotatable bonds is 2. The van der Waals surface area contributed by atoms with Crippen LogP contribution in [0.25, 0.3) is 0 Å². The Balaban J connectivity index is 1.51. The molecule has 4 aliphatic rings. The molecule has 0 radical (unpaired) electrons. The van der Waals surface area contributed by atoms with Gasteiger partial charge in [0.1, 0.15) is 0 Å². The van der Waals surface area contributed by atoms with E-state index in [1.165, 1.54) is 19.3 Å². The van der Waals surface area contributed by atoms with Crippen LogP contribution in [0.3, 0.4) is 0 Å². The van der Waals surface area contributed by atoms with Crippen molar-refractivity contribution < 1.29 is 18.3 Å². The molecule has 4 fully saturated rings. The zero-order valence-electron chi connectivity index (χ0n) is 17.2. The van der Waals surface area contributed by atoms with Gasteiger partial charge in [-0.3, -0.25) is 0 Å². The molecule has 4 saturated carbocycles. The van der Waals surface area contributed by atoms with Crippen molar-refractivity contribution in [3.05, 3.63) is 0 Å². The average molecular weight is 387 g/mol. The predicted molar refractivity (Wildman–Crippen MR) is 101 cm³/mol. The minimum atomic E-state index is -4.02.